The highest BCUT2D eigenvalue weighted by Crippen LogP contribution is 2.45. The number of carbonyl (C=O) groups excluding carboxylic acids is 1. The van der Waals surface area contributed by atoms with Gasteiger partial charge in [0.1, 0.15) is 11.6 Å². The highest BCUT2D eigenvalue weighted by atomic mass is 32.2. The topological polar surface area (TPSA) is 57.0 Å². The Morgan fingerprint density at radius 1 is 1.25 bits per heavy atom. The molecule has 2 aliphatic rings. The van der Waals surface area contributed by atoms with Crippen molar-refractivity contribution in [1.29, 1.82) is 0 Å². The average Bonchev–Trinajstić information content (AvgIpc) is 3.50. The molecule has 0 radical (unpaired) electrons. The maximum Gasteiger partial charge on any atom is 0.191 e. The molecule has 0 spiro atoms. The predicted octanol–water partition coefficient (Wildman–Crippen LogP) is 3.86. The molecule has 0 unspecified atom stereocenters. The Kier molecular flexibility index (Phi) is 4.31. The molecule has 0 atom stereocenters. The summed E-state index contributed by atoms with van der Waals surface area (Å²) in [5.41, 5.74) is 0.639. The normalized spacial score (nSPS) is 17.0. The highest BCUT2D eigenvalue weighted by molar-refractivity contribution is 7.99. The number of thioether (sulfide) groups is 1. The third kappa shape index (κ3) is 3.34. The number of aromatic nitrogens is 3. The summed E-state index contributed by atoms with van der Waals surface area (Å²) in [5.74, 6) is 3.30. The van der Waals surface area contributed by atoms with Crippen molar-refractivity contribution in [2.75, 3.05) is 12.4 Å². The van der Waals surface area contributed by atoms with E-state index in [-0.39, 0.29) is 5.78 Å². The number of para-hydroxylation sites is 1. The van der Waals surface area contributed by atoms with Crippen LogP contribution >= 0.6 is 11.8 Å². The first kappa shape index (κ1) is 15.7. The van der Waals surface area contributed by atoms with Crippen LogP contribution in [-0.2, 0) is 0 Å². The number of benzene rings is 1. The molecule has 5 nitrogen and oxygen atoms in total. The van der Waals surface area contributed by atoms with E-state index in [2.05, 4.69) is 14.8 Å². The Bertz CT molecular complexity index is 750. The van der Waals surface area contributed by atoms with E-state index >= 15 is 0 Å². The van der Waals surface area contributed by atoms with Gasteiger partial charge in [0.05, 0.1) is 12.2 Å². The van der Waals surface area contributed by atoms with E-state index in [4.69, 9.17) is 4.74 Å². The van der Waals surface area contributed by atoms with Crippen molar-refractivity contribution in [1.82, 2.24) is 14.8 Å². The first-order chi connectivity index (χ1) is 11.7. The van der Waals surface area contributed by atoms with E-state index in [1.165, 1.54) is 31.5 Å². The van der Waals surface area contributed by atoms with Crippen LogP contribution in [0.3, 0.4) is 0 Å². The monoisotopic (exact) mass is 343 g/mol. The third-order valence-electron chi connectivity index (χ3n) is 4.38. The molecule has 0 N–H and O–H groups in total. The molecule has 6 heteroatoms. The summed E-state index contributed by atoms with van der Waals surface area (Å²) in [6.07, 6.45) is 4.99. The summed E-state index contributed by atoms with van der Waals surface area (Å²) in [7, 11) is 0. The largest absolute Gasteiger partial charge is 0.492 e. The second-order valence-electron chi connectivity index (χ2n) is 6.47. The highest BCUT2D eigenvalue weighted by Gasteiger charge is 2.36. The zero-order valence-electron chi connectivity index (χ0n) is 13.8. The molecule has 24 heavy (non-hydrogen) atoms. The van der Waals surface area contributed by atoms with Gasteiger partial charge in [-0.3, -0.25) is 4.79 Å². The number of ketones is 1. The van der Waals surface area contributed by atoms with Crippen LogP contribution in [0, 0.1) is 0 Å². The Hall–Kier alpha value is -1.82. The summed E-state index contributed by atoms with van der Waals surface area (Å²) >= 11 is 1.69. The zero-order chi connectivity index (χ0) is 16.5. The predicted molar refractivity (Wildman–Crippen MR) is 92.9 cm³/mol. The van der Waals surface area contributed by atoms with Crippen molar-refractivity contribution in [2.45, 2.75) is 49.7 Å². The van der Waals surface area contributed by atoms with Crippen molar-refractivity contribution in [3.05, 3.63) is 35.7 Å². The Morgan fingerprint density at radius 2 is 2.04 bits per heavy atom. The van der Waals surface area contributed by atoms with Crippen LogP contribution in [0.5, 0.6) is 5.75 Å². The van der Waals surface area contributed by atoms with E-state index in [0.29, 0.717) is 29.9 Å². The van der Waals surface area contributed by atoms with Crippen LogP contribution in [0.15, 0.2) is 29.4 Å². The lowest BCUT2D eigenvalue weighted by Crippen LogP contribution is -2.06. The number of ether oxygens (including phenoxy) is 1. The third-order valence-corrected chi connectivity index (χ3v) is 5.29. The lowest BCUT2D eigenvalue weighted by atomic mass is 10.1. The molecule has 2 saturated carbocycles. The maximum atomic E-state index is 11.6. The Labute approximate surface area is 145 Å². The van der Waals surface area contributed by atoms with Crippen LogP contribution in [0.4, 0.5) is 0 Å². The summed E-state index contributed by atoms with van der Waals surface area (Å²) in [5, 5.41) is 9.83. The van der Waals surface area contributed by atoms with E-state index in [0.717, 1.165) is 10.9 Å². The number of carbonyl (C=O) groups is 1. The van der Waals surface area contributed by atoms with Gasteiger partial charge in [0.2, 0.25) is 0 Å². The summed E-state index contributed by atoms with van der Waals surface area (Å²) in [4.78, 5) is 11.6. The Balaban J connectivity index is 1.36. The fourth-order valence-corrected chi connectivity index (χ4v) is 3.68. The van der Waals surface area contributed by atoms with Gasteiger partial charge >= 0.3 is 0 Å². The average molecular weight is 343 g/mol. The first-order valence-electron chi connectivity index (χ1n) is 8.54. The van der Waals surface area contributed by atoms with E-state index in [9.17, 15) is 4.79 Å². The fraction of sp³-hybridized carbons (Fsp3) is 0.500. The van der Waals surface area contributed by atoms with Crippen LogP contribution in [0.1, 0.15) is 60.7 Å². The molecule has 2 fully saturated rings. The van der Waals surface area contributed by atoms with Gasteiger partial charge in [0.15, 0.2) is 10.9 Å². The molecular formula is C18H21N3O2S. The molecular weight excluding hydrogens is 322 g/mol. The molecule has 2 aromatic rings. The van der Waals surface area contributed by atoms with Gasteiger partial charge in [0.25, 0.3) is 0 Å². The molecule has 126 valence electrons. The van der Waals surface area contributed by atoms with Gasteiger partial charge in [-0.1, -0.05) is 23.9 Å². The number of nitrogens with zero attached hydrogens (tertiary/aromatic N) is 3. The molecule has 0 saturated heterocycles. The summed E-state index contributed by atoms with van der Waals surface area (Å²) < 4.78 is 8.16. The molecule has 2 aliphatic carbocycles. The van der Waals surface area contributed by atoms with E-state index in [1.54, 1.807) is 24.8 Å². The molecule has 0 amide bonds. The smallest absolute Gasteiger partial charge is 0.191 e. The van der Waals surface area contributed by atoms with Gasteiger partial charge in [-0.05, 0) is 44.7 Å². The van der Waals surface area contributed by atoms with Crippen molar-refractivity contribution >= 4 is 17.5 Å². The summed E-state index contributed by atoms with van der Waals surface area (Å²) in [6.45, 7) is 2.11. The number of hydrogen-bond acceptors (Lipinski definition) is 5. The molecule has 1 aromatic carbocycles. The second kappa shape index (κ2) is 6.59. The first-order valence-corrected chi connectivity index (χ1v) is 9.53. The molecule has 1 heterocycles. The SMILES string of the molecule is CC(=O)c1ccccc1OCCSc1nnc(C2CC2)n1C1CC1. The minimum atomic E-state index is 0.0285. The van der Waals surface area contributed by atoms with Gasteiger partial charge in [-0.2, -0.15) is 0 Å². The zero-order valence-corrected chi connectivity index (χ0v) is 14.6. The number of hydrogen-bond donors (Lipinski definition) is 0. The van der Waals surface area contributed by atoms with Gasteiger partial charge in [-0.25, -0.2) is 0 Å². The number of rotatable bonds is 8. The quantitative estimate of drug-likeness (QED) is 0.414. The molecule has 1 aromatic heterocycles. The minimum Gasteiger partial charge on any atom is -0.492 e. The molecule has 0 aliphatic heterocycles. The van der Waals surface area contributed by atoms with E-state index in [1.807, 2.05) is 18.2 Å². The van der Waals surface area contributed by atoms with Crippen molar-refractivity contribution in [2.24, 2.45) is 0 Å². The van der Waals surface area contributed by atoms with Crippen molar-refractivity contribution in [3.63, 3.8) is 0 Å². The van der Waals surface area contributed by atoms with Crippen LogP contribution in [0.2, 0.25) is 0 Å². The molecule has 4 rings (SSSR count). The van der Waals surface area contributed by atoms with Gasteiger partial charge in [-0.15, -0.1) is 10.2 Å². The minimum absolute atomic E-state index is 0.0285. The number of Topliss-reactive ketones (excluding diaryl/α,β-unsaturated/α-hetero) is 1. The lowest BCUT2D eigenvalue weighted by molar-refractivity contribution is 0.101. The van der Waals surface area contributed by atoms with E-state index < -0.39 is 0 Å². The van der Waals surface area contributed by atoms with Gasteiger partial charge in [0, 0.05) is 17.7 Å². The standard InChI is InChI=1S/C18H21N3O2S/c1-12(22)15-4-2-3-5-16(15)23-10-11-24-18-20-19-17(13-6-7-13)21(18)14-8-9-14/h2-5,13-14H,6-11H2,1H3. The van der Waals surface area contributed by atoms with Gasteiger partial charge < -0.3 is 9.30 Å². The maximum absolute atomic E-state index is 11.6. The van der Waals surface area contributed by atoms with Crippen LogP contribution < -0.4 is 4.74 Å². The fourth-order valence-electron chi connectivity index (χ4n) is 2.85. The molecule has 0 bridgehead atoms. The van der Waals surface area contributed by atoms with Crippen molar-refractivity contribution < 1.29 is 9.53 Å². The van der Waals surface area contributed by atoms with Crippen LogP contribution in [0.25, 0.3) is 0 Å². The second-order valence-corrected chi connectivity index (χ2v) is 7.53. The van der Waals surface area contributed by atoms with Crippen molar-refractivity contribution in [3.8, 4) is 5.75 Å². The Morgan fingerprint density at radius 3 is 2.75 bits per heavy atom. The summed E-state index contributed by atoms with van der Waals surface area (Å²) in [6, 6.07) is 8.00. The van der Waals surface area contributed by atoms with Crippen LogP contribution in [-0.4, -0.2) is 32.9 Å². The lowest BCUT2D eigenvalue weighted by Gasteiger charge is -2.10.